The Morgan fingerprint density at radius 2 is 1.87 bits per heavy atom. The Hall–Kier alpha value is -1.77. The van der Waals surface area contributed by atoms with Gasteiger partial charge in [-0.25, -0.2) is 4.68 Å². The van der Waals surface area contributed by atoms with Gasteiger partial charge in [0.15, 0.2) is 0 Å². The molecule has 1 N–H and O–H groups in total. The molecule has 0 aliphatic rings. The molecule has 0 unspecified atom stereocenters. The van der Waals surface area contributed by atoms with Crippen LogP contribution in [0.2, 0.25) is 0 Å². The van der Waals surface area contributed by atoms with Gasteiger partial charge in [0.25, 0.3) is 0 Å². The van der Waals surface area contributed by atoms with E-state index in [0.717, 1.165) is 22.6 Å². The molecule has 0 spiro atoms. The lowest BCUT2D eigenvalue weighted by Gasteiger charge is -2.06. The first-order chi connectivity index (χ1) is 7.08. The number of aromatic nitrogens is 2. The van der Waals surface area contributed by atoms with Gasteiger partial charge in [0.1, 0.15) is 5.75 Å². The third kappa shape index (κ3) is 1.73. The Kier molecular flexibility index (Phi) is 2.23. The summed E-state index contributed by atoms with van der Waals surface area (Å²) in [6, 6.07) is 7.51. The van der Waals surface area contributed by atoms with Crippen LogP contribution in [-0.2, 0) is 0 Å². The van der Waals surface area contributed by atoms with E-state index in [0.29, 0.717) is 5.75 Å². The second kappa shape index (κ2) is 3.42. The van der Waals surface area contributed by atoms with Gasteiger partial charge in [-0.2, -0.15) is 5.10 Å². The maximum absolute atomic E-state index is 9.44. The van der Waals surface area contributed by atoms with Crippen LogP contribution in [0, 0.1) is 20.8 Å². The molecule has 3 heteroatoms. The Labute approximate surface area is 89.0 Å². The lowest BCUT2D eigenvalue weighted by molar-refractivity contribution is 0.471. The van der Waals surface area contributed by atoms with E-state index < -0.39 is 0 Å². The smallest absolute Gasteiger partial charge is 0.118 e. The van der Waals surface area contributed by atoms with Gasteiger partial charge in [0, 0.05) is 5.69 Å². The summed E-state index contributed by atoms with van der Waals surface area (Å²) < 4.78 is 1.88. The summed E-state index contributed by atoms with van der Waals surface area (Å²) in [5, 5.41) is 13.8. The molecule has 0 saturated heterocycles. The zero-order chi connectivity index (χ0) is 11.0. The molecule has 0 atom stereocenters. The van der Waals surface area contributed by atoms with Gasteiger partial charge in [0.2, 0.25) is 0 Å². The molecule has 1 heterocycles. The molecule has 0 amide bonds. The van der Waals surface area contributed by atoms with Crippen molar-refractivity contribution in [3.63, 3.8) is 0 Å². The first-order valence-electron chi connectivity index (χ1n) is 4.91. The van der Waals surface area contributed by atoms with E-state index in [1.807, 2.05) is 43.7 Å². The third-order valence-corrected chi connectivity index (χ3v) is 2.43. The van der Waals surface area contributed by atoms with Crippen LogP contribution in [0.3, 0.4) is 0 Å². The maximum atomic E-state index is 9.44. The molecule has 0 aliphatic carbocycles. The zero-order valence-electron chi connectivity index (χ0n) is 9.15. The van der Waals surface area contributed by atoms with Crippen molar-refractivity contribution in [2.75, 3.05) is 0 Å². The molecule has 0 aliphatic heterocycles. The first-order valence-corrected chi connectivity index (χ1v) is 4.91. The number of phenolic OH excluding ortho intramolecular Hbond substituents is 1. The lowest BCUT2D eigenvalue weighted by atomic mass is 10.2. The Morgan fingerprint density at radius 3 is 2.40 bits per heavy atom. The van der Waals surface area contributed by atoms with Gasteiger partial charge in [-0.15, -0.1) is 0 Å². The molecule has 1 aromatic heterocycles. The fraction of sp³-hybridized carbons (Fsp3) is 0.250. The van der Waals surface area contributed by atoms with Gasteiger partial charge in [-0.05, 0) is 50.6 Å². The normalized spacial score (nSPS) is 10.6. The van der Waals surface area contributed by atoms with Crippen molar-refractivity contribution in [3.8, 4) is 11.4 Å². The predicted molar refractivity (Wildman–Crippen MR) is 59.4 cm³/mol. The van der Waals surface area contributed by atoms with Crippen molar-refractivity contribution in [2.24, 2.45) is 0 Å². The quantitative estimate of drug-likeness (QED) is 0.771. The standard InChI is InChI=1S/C12H14N2O/c1-8-6-11(4-5-12(8)15)14-10(3)7-9(2)13-14/h4-7,15H,1-3H3. The van der Waals surface area contributed by atoms with E-state index in [1.165, 1.54) is 0 Å². The van der Waals surface area contributed by atoms with Crippen LogP contribution in [0.4, 0.5) is 0 Å². The number of rotatable bonds is 1. The highest BCUT2D eigenvalue weighted by molar-refractivity contribution is 5.43. The molecule has 0 radical (unpaired) electrons. The van der Waals surface area contributed by atoms with Crippen molar-refractivity contribution in [1.82, 2.24) is 9.78 Å². The van der Waals surface area contributed by atoms with E-state index in [4.69, 9.17) is 0 Å². The summed E-state index contributed by atoms with van der Waals surface area (Å²) in [6.07, 6.45) is 0. The first kappa shape index (κ1) is 9.77. The summed E-state index contributed by atoms with van der Waals surface area (Å²) >= 11 is 0. The highest BCUT2D eigenvalue weighted by Crippen LogP contribution is 2.20. The SMILES string of the molecule is Cc1cc(C)n(-c2ccc(O)c(C)c2)n1. The van der Waals surface area contributed by atoms with E-state index in [-0.39, 0.29) is 0 Å². The second-order valence-corrected chi connectivity index (χ2v) is 3.81. The monoisotopic (exact) mass is 202 g/mol. The highest BCUT2D eigenvalue weighted by atomic mass is 16.3. The molecule has 0 bridgehead atoms. The second-order valence-electron chi connectivity index (χ2n) is 3.81. The topological polar surface area (TPSA) is 38.0 Å². The third-order valence-electron chi connectivity index (χ3n) is 2.43. The van der Waals surface area contributed by atoms with Crippen LogP contribution in [-0.4, -0.2) is 14.9 Å². The van der Waals surface area contributed by atoms with Crippen LogP contribution < -0.4 is 0 Å². The average molecular weight is 202 g/mol. The van der Waals surface area contributed by atoms with E-state index >= 15 is 0 Å². The number of hydrogen-bond acceptors (Lipinski definition) is 2. The fourth-order valence-electron chi connectivity index (χ4n) is 1.66. The van der Waals surface area contributed by atoms with E-state index in [9.17, 15) is 5.11 Å². The van der Waals surface area contributed by atoms with Crippen LogP contribution in [0.1, 0.15) is 17.0 Å². The highest BCUT2D eigenvalue weighted by Gasteiger charge is 2.04. The number of aryl methyl sites for hydroxylation is 3. The summed E-state index contributed by atoms with van der Waals surface area (Å²) in [5.41, 5.74) is 3.94. The largest absolute Gasteiger partial charge is 0.508 e. The van der Waals surface area contributed by atoms with Crippen LogP contribution in [0.25, 0.3) is 5.69 Å². The van der Waals surface area contributed by atoms with Crippen LogP contribution >= 0.6 is 0 Å². The summed E-state index contributed by atoms with van der Waals surface area (Å²) in [6.45, 7) is 5.86. The molecule has 2 aromatic rings. The molecule has 2 rings (SSSR count). The van der Waals surface area contributed by atoms with Gasteiger partial charge in [-0.1, -0.05) is 0 Å². The van der Waals surface area contributed by atoms with Gasteiger partial charge in [-0.3, -0.25) is 0 Å². The van der Waals surface area contributed by atoms with Gasteiger partial charge < -0.3 is 5.11 Å². The minimum atomic E-state index is 0.320. The minimum Gasteiger partial charge on any atom is -0.508 e. The molecule has 78 valence electrons. The zero-order valence-corrected chi connectivity index (χ0v) is 9.15. The minimum absolute atomic E-state index is 0.320. The van der Waals surface area contributed by atoms with Crippen molar-refractivity contribution in [2.45, 2.75) is 20.8 Å². The molecule has 0 saturated carbocycles. The number of benzene rings is 1. The molecule has 15 heavy (non-hydrogen) atoms. The molecule has 0 fully saturated rings. The Morgan fingerprint density at radius 1 is 1.13 bits per heavy atom. The van der Waals surface area contributed by atoms with Crippen molar-refractivity contribution in [1.29, 1.82) is 0 Å². The Bertz CT molecular complexity index is 500. The molecule has 1 aromatic carbocycles. The van der Waals surface area contributed by atoms with Gasteiger partial charge in [0.05, 0.1) is 11.4 Å². The maximum Gasteiger partial charge on any atom is 0.118 e. The van der Waals surface area contributed by atoms with Crippen molar-refractivity contribution in [3.05, 3.63) is 41.2 Å². The molecular weight excluding hydrogens is 188 g/mol. The predicted octanol–water partition coefficient (Wildman–Crippen LogP) is 2.50. The fourth-order valence-corrected chi connectivity index (χ4v) is 1.66. The van der Waals surface area contributed by atoms with Gasteiger partial charge >= 0.3 is 0 Å². The number of nitrogens with zero attached hydrogens (tertiary/aromatic N) is 2. The summed E-state index contributed by atoms with van der Waals surface area (Å²) in [7, 11) is 0. The summed E-state index contributed by atoms with van der Waals surface area (Å²) in [4.78, 5) is 0. The molecular formula is C12H14N2O. The molecule has 3 nitrogen and oxygen atoms in total. The van der Waals surface area contributed by atoms with Crippen molar-refractivity contribution < 1.29 is 5.11 Å². The number of hydrogen-bond donors (Lipinski definition) is 1. The van der Waals surface area contributed by atoms with E-state index in [1.54, 1.807) is 6.07 Å². The Balaban J connectivity index is 2.54. The lowest BCUT2D eigenvalue weighted by Crippen LogP contribution is -1.99. The van der Waals surface area contributed by atoms with E-state index in [2.05, 4.69) is 5.10 Å². The summed E-state index contributed by atoms with van der Waals surface area (Å²) in [5.74, 6) is 0.320. The number of phenols is 1. The van der Waals surface area contributed by atoms with Crippen LogP contribution in [0.15, 0.2) is 24.3 Å². The van der Waals surface area contributed by atoms with Crippen LogP contribution in [0.5, 0.6) is 5.75 Å². The number of aromatic hydroxyl groups is 1. The van der Waals surface area contributed by atoms with Crippen molar-refractivity contribution >= 4 is 0 Å². The average Bonchev–Trinajstić information content (AvgIpc) is 2.50.